The van der Waals surface area contributed by atoms with Gasteiger partial charge in [-0.1, -0.05) is 11.8 Å². The van der Waals surface area contributed by atoms with Gasteiger partial charge in [-0.15, -0.1) is 11.8 Å². The third-order valence-corrected chi connectivity index (χ3v) is 9.19. The van der Waals surface area contributed by atoms with Crippen LogP contribution in [0.3, 0.4) is 0 Å². The van der Waals surface area contributed by atoms with Crippen LogP contribution >= 0.6 is 27.7 Å². The van der Waals surface area contributed by atoms with Crippen LogP contribution < -0.4 is 5.32 Å². The van der Waals surface area contributed by atoms with Gasteiger partial charge in [-0.05, 0) is 53.6 Å². The number of hydrogen-bond donors (Lipinski definition) is 2. The Bertz CT molecular complexity index is 1450. The first-order chi connectivity index (χ1) is 18.7. The number of amides is 2. The molecule has 12 heteroatoms. The van der Waals surface area contributed by atoms with Crippen LogP contribution in [0.15, 0.2) is 15.6 Å². The maximum absolute atomic E-state index is 15.7. The highest BCUT2D eigenvalue weighted by Crippen LogP contribution is 2.45. The number of morpholine rings is 1. The molecule has 204 valence electrons. The van der Waals surface area contributed by atoms with Crippen molar-refractivity contribution in [3.05, 3.63) is 27.5 Å². The average Bonchev–Trinajstić information content (AvgIpc) is 3.52. The number of nitriles is 1. The molecule has 4 heterocycles. The second-order valence-electron chi connectivity index (χ2n) is 9.84. The maximum Gasteiger partial charge on any atom is 0.407 e. The molecule has 9 nitrogen and oxygen atoms in total. The van der Waals surface area contributed by atoms with E-state index in [1.54, 1.807) is 4.90 Å². The van der Waals surface area contributed by atoms with Crippen LogP contribution in [-0.2, 0) is 16.0 Å². The summed E-state index contributed by atoms with van der Waals surface area (Å²) in [6, 6.07) is 3.23. The number of nitrogens with zero attached hydrogens (tertiary/aromatic N) is 4. The van der Waals surface area contributed by atoms with Crippen LogP contribution in [0, 0.1) is 34.9 Å². The molecule has 3 aliphatic heterocycles. The lowest BCUT2D eigenvalue weighted by Gasteiger charge is -2.37. The van der Waals surface area contributed by atoms with Gasteiger partial charge in [-0.3, -0.25) is 4.79 Å². The zero-order valence-electron chi connectivity index (χ0n) is 21.5. The summed E-state index contributed by atoms with van der Waals surface area (Å²) < 4.78 is 21.2. The van der Waals surface area contributed by atoms with Crippen LogP contribution in [0.5, 0.6) is 0 Å². The molecule has 1 aliphatic carbocycles. The fraction of sp³-hybridized carbons (Fsp3) is 0.481. The number of pyridine rings is 1. The van der Waals surface area contributed by atoms with Gasteiger partial charge in [-0.2, -0.15) is 5.26 Å². The fourth-order valence-electron chi connectivity index (χ4n) is 5.57. The third kappa shape index (κ3) is 5.02. The molecule has 2 N–H and O–H groups in total. The van der Waals surface area contributed by atoms with Gasteiger partial charge in [0.15, 0.2) is 5.82 Å². The molecule has 39 heavy (non-hydrogen) atoms. The van der Waals surface area contributed by atoms with E-state index in [4.69, 9.17) is 10.00 Å². The van der Waals surface area contributed by atoms with Crippen LogP contribution in [0.4, 0.5) is 14.9 Å². The Hall–Kier alpha value is -3.06. The number of rotatable bonds is 6. The number of carbonyl (C=O) groups is 2. The van der Waals surface area contributed by atoms with Crippen molar-refractivity contribution >= 4 is 56.3 Å². The number of anilines is 1. The first kappa shape index (κ1) is 27.5. The van der Waals surface area contributed by atoms with E-state index in [9.17, 15) is 14.7 Å². The smallest absolute Gasteiger partial charge is 0.407 e. The number of hydrogen-bond acceptors (Lipinski definition) is 7. The first-order valence-electron chi connectivity index (χ1n) is 12.7. The van der Waals surface area contributed by atoms with E-state index in [0.29, 0.717) is 53.3 Å². The molecular formula is C27H27BrFN5O4S. The van der Waals surface area contributed by atoms with Crippen LogP contribution in [0.25, 0.3) is 10.9 Å². The van der Waals surface area contributed by atoms with E-state index < -0.39 is 11.9 Å². The number of carboxylic acid groups (broad SMARTS) is 1. The SMILES string of the molecule is CSc1nc2c(F)c(Br)c(CCC#N)cc2c(N[C@H]2[C@@H]3C[C@H]2N(C(=O)O)C3)c1C#CC(C)N1CCOCC1=O. The van der Waals surface area contributed by atoms with Crippen molar-refractivity contribution < 1.29 is 23.8 Å². The molecule has 4 atom stereocenters. The summed E-state index contributed by atoms with van der Waals surface area (Å²) >= 11 is 4.69. The normalized spacial score (nSPS) is 22.6. The highest BCUT2D eigenvalue weighted by atomic mass is 79.9. The molecule has 0 radical (unpaired) electrons. The number of ether oxygens (including phenoxy) is 1. The molecule has 1 unspecified atom stereocenters. The second-order valence-corrected chi connectivity index (χ2v) is 11.4. The Kier molecular flexibility index (Phi) is 7.90. The summed E-state index contributed by atoms with van der Waals surface area (Å²) in [6.45, 7) is 3.22. The Labute approximate surface area is 238 Å². The van der Waals surface area contributed by atoms with Gasteiger partial charge in [0.25, 0.3) is 0 Å². The number of fused-ring (bicyclic) bond motifs is 2. The summed E-state index contributed by atoms with van der Waals surface area (Å²) in [7, 11) is 0. The summed E-state index contributed by atoms with van der Waals surface area (Å²) in [6.07, 6.45) is 2.24. The topological polar surface area (TPSA) is 119 Å². The standard InChI is InChI=1S/C27H27BrFN5O4S/c1-14(33-8-9-38-13-20(33)35)5-6-17-24(31-23-16-11-19(23)34(12-16)27(36)37)18-10-15(4-3-7-30)21(28)22(29)25(18)32-26(17)39-2/h10,14,16,19,23H,3-4,8-9,11-13H2,1-2H3,(H,31,32)(H,36,37)/t14?,16-,19-,23+/m1/s1. The summed E-state index contributed by atoms with van der Waals surface area (Å²) in [5.41, 5.74) is 1.97. The molecule has 2 bridgehead atoms. The molecule has 4 fully saturated rings. The average molecular weight is 617 g/mol. The molecule has 6 rings (SSSR count). The quantitative estimate of drug-likeness (QED) is 0.369. The van der Waals surface area contributed by atoms with Gasteiger partial charge < -0.3 is 25.0 Å². The van der Waals surface area contributed by atoms with Crippen molar-refractivity contribution in [2.45, 2.75) is 49.3 Å². The van der Waals surface area contributed by atoms with E-state index in [-0.39, 0.29) is 53.0 Å². The molecule has 4 aliphatic rings. The van der Waals surface area contributed by atoms with Crippen molar-refractivity contribution in [1.82, 2.24) is 14.8 Å². The number of thioether (sulfide) groups is 1. The van der Waals surface area contributed by atoms with Crippen molar-refractivity contribution in [3.8, 4) is 17.9 Å². The predicted octanol–water partition coefficient (Wildman–Crippen LogP) is 4.08. The lowest BCUT2D eigenvalue weighted by atomic mass is 9.79. The summed E-state index contributed by atoms with van der Waals surface area (Å²) in [5, 5.41) is 23.3. The van der Waals surface area contributed by atoms with E-state index in [1.165, 1.54) is 16.7 Å². The number of benzene rings is 1. The van der Waals surface area contributed by atoms with E-state index >= 15 is 4.39 Å². The highest BCUT2D eigenvalue weighted by Gasteiger charge is 2.54. The van der Waals surface area contributed by atoms with Gasteiger partial charge in [-0.25, -0.2) is 14.2 Å². The van der Waals surface area contributed by atoms with Crippen molar-refractivity contribution in [1.29, 1.82) is 5.26 Å². The molecular weight excluding hydrogens is 589 g/mol. The van der Waals surface area contributed by atoms with Crippen molar-refractivity contribution in [2.24, 2.45) is 5.92 Å². The summed E-state index contributed by atoms with van der Waals surface area (Å²) in [5.74, 6) is 5.90. The minimum absolute atomic E-state index is 0.0244. The molecule has 1 aromatic heterocycles. The summed E-state index contributed by atoms with van der Waals surface area (Å²) in [4.78, 5) is 31.8. The van der Waals surface area contributed by atoms with E-state index in [1.807, 2.05) is 19.2 Å². The molecule has 3 saturated heterocycles. The highest BCUT2D eigenvalue weighted by molar-refractivity contribution is 9.10. The number of halogens is 2. The van der Waals surface area contributed by atoms with Gasteiger partial charge >= 0.3 is 6.09 Å². The van der Waals surface area contributed by atoms with Crippen LogP contribution in [0.1, 0.15) is 30.9 Å². The Morgan fingerprint density at radius 3 is 2.95 bits per heavy atom. The monoisotopic (exact) mass is 615 g/mol. The number of aromatic nitrogens is 1. The second kappa shape index (κ2) is 11.2. The zero-order valence-corrected chi connectivity index (χ0v) is 23.9. The minimum atomic E-state index is -0.950. The van der Waals surface area contributed by atoms with Gasteiger partial charge in [0.1, 0.15) is 17.1 Å². The largest absolute Gasteiger partial charge is 0.465 e. The van der Waals surface area contributed by atoms with E-state index in [2.05, 4.69) is 44.1 Å². The van der Waals surface area contributed by atoms with Crippen LogP contribution in [-0.4, -0.2) is 82.6 Å². The molecule has 2 amide bonds. The molecule has 0 spiro atoms. The molecule has 1 saturated carbocycles. The zero-order chi connectivity index (χ0) is 27.8. The Balaban J connectivity index is 1.64. The van der Waals surface area contributed by atoms with Crippen molar-refractivity contribution in [2.75, 3.05) is 37.9 Å². The van der Waals surface area contributed by atoms with Crippen molar-refractivity contribution in [3.63, 3.8) is 0 Å². The lowest BCUT2D eigenvalue weighted by Crippen LogP contribution is -2.49. The maximum atomic E-state index is 15.7. The minimum Gasteiger partial charge on any atom is -0.465 e. The van der Waals surface area contributed by atoms with E-state index in [0.717, 1.165) is 6.42 Å². The third-order valence-electron chi connectivity index (χ3n) is 7.65. The fourth-order valence-corrected chi connectivity index (χ4v) is 6.61. The number of carbonyl (C=O) groups excluding carboxylic acids is 1. The predicted molar refractivity (Wildman–Crippen MR) is 148 cm³/mol. The first-order valence-corrected chi connectivity index (χ1v) is 14.7. The number of aryl methyl sites for hydroxylation is 1. The van der Waals surface area contributed by atoms with Crippen LogP contribution in [0.2, 0.25) is 0 Å². The van der Waals surface area contributed by atoms with Gasteiger partial charge in [0, 0.05) is 30.8 Å². The Morgan fingerprint density at radius 2 is 2.28 bits per heavy atom. The van der Waals surface area contributed by atoms with Gasteiger partial charge in [0.05, 0.1) is 46.5 Å². The van der Waals surface area contributed by atoms with Gasteiger partial charge in [0.2, 0.25) is 5.91 Å². The molecule has 1 aromatic carbocycles. The Morgan fingerprint density at radius 1 is 1.49 bits per heavy atom. The number of nitrogens with one attached hydrogen (secondary N) is 1. The lowest BCUT2D eigenvalue weighted by molar-refractivity contribution is -0.143. The molecule has 2 aromatic rings.